The second-order valence-electron chi connectivity index (χ2n) is 7.72. The molecule has 1 aliphatic heterocycles. The Bertz CT molecular complexity index is 709. The van der Waals surface area contributed by atoms with Gasteiger partial charge in [-0.05, 0) is 37.8 Å². The van der Waals surface area contributed by atoms with Crippen molar-refractivity contribution < 1.29 is 19.4 Å². The number of ether oxygens (including phenoxy) is 1. The topological polar surface area (TPSA) is 99.7 Å². The van der Waals surface area contributed by atoms with Crippen LogP contribution in [0, 0.1) is 0 Å². The van der Waals surface area contributed by atoms with Crippen LogP contribution in [0.3, 0.4) is 0 Å². The SMILES string of the molecule is CC(C)NC(=O)N[C@H]1C=C[C@H](CC(=O)NC2Cc3ccccc3C2)O[C@@H]1CO. The van der Waals surface area contributed by atoms with Gasteiger partial charge in [-0.2, -0.15) is 0 Å². The van der Waals surface area contributed by atoms with E-state index in [4.69, 9.17) is 4.74 Å². The molecule has 0 aromatic heterocycles. The van der Waals surface area contributed by atoms with E-state index in [9.17, 15) is 14.7 Å². The maximum Gasteiger partial charge on any atom is 0.315 e. The van der Waals surface area contributed by atoms with E-state index in [0.29, 0.717) is 0 Å². The van der Waals surface area contributed by atoms with Gasteiger partial charge in [0.05, 0.1) is 25.2 Å². The van der Waals surface area contributed by atoms with Crippen molar-refractivity contribution in [1.82, 2.24) is 16.0 Å². The second kappa shape index (κ2) is 9.21. The zero-order valence-electron chi connectivity index (χ0n) is 16.4. The summed E-state index contributed by atoms with van der Waals surface area (Å²) in [6.45, 7) is 3.49. The van der Waals surface area contributed by atoms with Gasteiger partial charge in [0, 0.05) is 12.1 Å². The van der Waals surface area contributed by atoms with Gasteiger partial charge in [-0.3, -0.25) is 4.79 Å². The number of urea groups is 1. The highest BCUT2D eigenvalue weighted by Crippen LogP contribution is 2.22. The first-order chi connectivity index (χ1) is 13.4. The highest BCUT2D eigenvalue weighted by molar-refractivity contribution is 5.77. The molecule has 0 unspecified atom stereocenters. The minimum atomic E-state index is -0.587. The van der Waals surface area contributed by atoms with E-state index in [2.05, 4.69) is 28.1 Å². The van der Waals surface area contributed by atoms with Crippen molar-refractivity contribution in [2.45, 2.75) is 63.4 Å². The van der Waals surface area contributed by atoms with Crippen molar-refractivity contribution in [2.75, 3.05) is 6.61 Å². The van der Waals surface area contributed by atoms with E-state index < -0.39 is 18.2 Å². The van der Waals surface area contributed by atoms with Crippen LogP contribution in [-0.2, 0) is 22.4 Å². The summed E-state index contributed by atoms with van der Waals surface area (Å²) in [5, 5.41) is 18.2. The third kappa shape index (κ3) is 5.33. The lowest BCUT2D eigenvalue weighted by atomic mass is 10.0. The smallest absolute Gasteiger partial charge is 0.315 e. The standard InChI is InChI=1S/C21H29N3O4/c1-13(2)22-21(27)24-18-8-7-17(28-19(18)12-25)11-20(26)23-16-9-14-5-3-4-6-15(14)10-16/h3-8,13,16-19,25H,9-12H2,1-2H3,(H,23,26)(H2,22,24,27)/t17-,18+,19-/m1/s1. The predicted octanol–water partition coefficient (Wildman–Crippen LogP) is 1.05. The molecule has 4 N–H and O–H groups in total. The largest absolute Gasteiger partial charge is 0.394 e. The number of aliphatic hydroxyl groups is 1. The highest BCUT2D eigenvalue weighted by atomic mass is 16.5. The Kier molecular flexibility index (Phi) is 6.70. The van der Waals surface area contributed by atoms with Crippen LogP contribution >= 0.6 is 0 Å². The van der Waals surface area contributed by atoms with Crippen LogP contribution in [0.15, 0.2) is 36.4 Å². The summed E-state index contributed by atoms with van der Waals surface area (Å²) in [6.07, 6.45) is 4.43. The van der Waals surface area contributed by atoms with Crippen molar-refractivity contribution in [3.05, 3.63) is 47.5 Å². The quantitative estimate of drug-likeness (QED) is 0.548. The molecule has 1 heterocycles. The van der Waals surface area contributed by atoms with E-state index in [-0.39, 0.29) is 37.0 Å². The molecule has 152 valence electrons. The molecule has 0 spiro atoms. The summed E-state index contributed by atoms with van der Waals surface area (Å²) in [7, 11) is 0. The van der Waals surface area contributed by atoms with Crippen LogP contribution in [-0.4, -0.2) is 54.0 Å². The van der Waals surface area contributed by atoms with Crippen LogP contribution in [0.4, 0.5) is 4.79 Å². The molecule has 1 aromatic carbocycles. The third-order valence-electron chi connectivity index (χ3n) is 4.98. The predicted molar refractivity (Wildman–Crippen MR) is 106 cm³/mol. The molecule has 0 saturated heterocycles. The monoisotopic (exact) mass is 387 g/mol. The molecular formula is C21H29N3O4. The van der Waals surface area contributed by atoms with E-state index >= 15 is 0 Å². The zero-order chi connectivity index (χ0) is 20.1. The fourth-order valence-corrected chi connectivity index (χ4v) is 3.72. The lowest BCUT2D eigenvalue weighted by Crippen LogP contribution is -2.52. The highest BCUT2D eigenvalue weighted by Gasteiger charge is 2.30. The van der Waals surface area contributed by atoms with Gasteiger partial charge in [-0.15, -0.1) is 0 Å². The van der Waals surface area contributed by atoms with E-state index in [1.807, 2.05) is 26.0 Å². The molecule has 3 amide bonds. The first-order valence-electron chi connectivity index (χ1n) is 9.82. The molecule has 1 aliphatic carbocycles. The molecule has 3 atom stereocenters. The van der Waals surface area contributed by atoms with E-state index in [1.165, 1.54) is 11.1 Å². The number of hydrogen-bond acceptors (Lipinski definition) is 4. The number of hydrogen-bond donors (Lipinski definition) is 4. The van der Waals surface area contributed by atoms with Gasteiger partial charge in [-0.1, -0.05) is 36.4 Å². The minimum Gasteiger partial charge on any atom is -0.394 e. The van der Waals surface area contributed by atoms with Gasteiger partial charge >= 0.3 is 6.03 Å². The second-order valence-corrected chi connectivity index (χ2v) is 7.72. The number of benzene rings is 1. The van der Waals surface area contributed by atoms with Crippen LogP contribution in [0.2, 0.25) is 0 Å². The van der Waals surface area contributed by atoms with Crippen LogP contribution in [0.1, 0.15) is 31.4 Å². The molecule has 0 fully saturated rings. The summed E-state index contributed by atoms with van der Waals surface area (Å²) < 4.78 is 5.81. The maximum absolute atomic E-state index is 12.4. The molecule has 0 radical (unpaired) electrons. The van der Waals surface area contributed by atoms with Crippen molar-refractivity contribution in [1.29, 1.82) is 0 Å². The molecule has 28 heavy (non-hydrogen) atoms. The third-order valence-corrected chi connectivity index (χ3v) is 4.98. The van der Waals surface area contributed by atoms with Gasteiger partial charge in [0.25, 0.3) is 0 Å². The van der Waals surface area contributed by atoms with Gasteiger partial charge in [0.2, 0.25) is 5.91 Å². The fourth-order valence-electron chi connectivity index (χ4n) is 3.72. The summed E-state index contributed by atoms with van der Waals surface area (Å²) in [5.41, 5.74) is 2.58. The summed E-state index contributed by atoms with van der Waals surface area (Å²) in [6, 6.07) is 7.61. The lowest BCUT2D eigenvalue weighted by Gasteiger charge is -2.32. The zero-order valence-corrected chi connectivity index (χ0v) is 16.4. The van der Waals surface area contributed by atoms with Gasteiger partial charge in [0.15, 0.2) is 0 Å². The van der Waals surface area contributed by atoms with Crippen molar-refractivity contribution in [2.24, 2.45) is 0 Å². The number of amides is 3. The molecular weight excluding hydrogens is 358 g/mol. The minimum absolute atomic E-state index is 0.0132. The Balaban J connectivity index is 1.49. The van der Waals surface area contributed by atoms with E-state index in [0.717, 1.165) is 12.8 Å². The number of carbonyl (C=O) groups is 2. The number of fused-ring (bicyclic) bond motifs is 1. The number of carbonyl (C=O) groups excluding carboxylic acids is 2. The Morgan fingerprint density at radius 2 is 1.82 bits per heavy atom. The molecule has 0 bridgehead atoms. The summed E-state index contributed by atoms with van der Waals surface area (Å²) in [4.78, 5) is 24.3. The molecule has 1 aromatic rings. The Labute approximate surface area is 165 Å². The van der Waals surface area contributed by atoms with Crippen molar-refractivity contribution in [3.63, 3.8) is 0 Å². The lowest BCUT2D eigenvalue weighted by molar-refractivity contribution is -0.125. The molecule has 3 rings (SSSR count). The van der Waals surface area contributed by atoms with Gasteiger partial charge < -0.3 is 25.8 Å². The molecule has 7 nitrogen and oxygen atoms in total. The van der Waals surface area contributed by atoms with E-state index in [1.54, 1.807) is 12.2 Å². The Hall–Kier alpha value is -2.38. The average Bonchev–Trinajstić information content (AvgIpc) is 3.04. The van der Waals surface area contributed by atoms with Crippen LogP contribution in [0.25, 0.3) is 0 Å². The van der Waals surface area contributed by atoms with Crippen molar-refractivity contribution >= 4 is 11.9 Å². The first-order valence-corrected chi connectivity index (χ1v) is 9.82. The Morgan fingerprint density at radius 3 is 2.43 bits per heavy atom. The van der Waals surface area contributed by atoms with Gasteiger partial charge in [0.1, 0.15) is 6.10 Å². The molecule has 0 saturated carbocycles. The van der Waals surface area contributed by atoms with Crippen molar-refractivity contribution in [3.8, 4) is 0 Å². The first kappa shape index (κ1) is 20.4. The van der Waals surface area contributed by atoms with Crippen LogP contribution < -0.4 is 16.0 Å². The summed E-state index contributed by atoms with van der Waals surface area (Å²) in [5.74, 6) is -0.0758. The molecule has 2 aliphatic rings. The molecule has 7 heteroatoms. The number of rotatable bonds is 6. The number of nitrogens with one attached hydrogen (secondary N) is 3. The van der Waals surface area contributed by atoms with Crippen LogP contribution in [0.5, 0.6) is 0 Å². The maximum atomic E-state index is 12.4. The Morgan fingerprint density at radius 1 is 1.14 bits per heavy atom. The number of aliphatic hydroxyl groups excluding tert-OH is 1. The normalized spacial score (nSPS) is 24.1. The van der Waals surface area contributed by atoms with Gasteiger partial charge in [-0.25, -0.2) is 4.79 Å². The average molecular weight is 387 g/mol. The fraction of sp³-hybridized carbons (Fsp3) is 0.524. The summed E-state index contributed by atoms with van der Waals surface area (Å²) >= 11 is 0.